The van der Waals surface area contributed by atoms with Crippen molar-refractivity contribution in [3.05, 3.63) is 101 Å². The number of aromatic carboxylic acids is 1. The van der Waals surface area contributed by atoms with E-state index in [-0.39, 0.29) is 27.9 Å². The Labute approximate surface area is 175 Å². The van der Waals surface area contributed by atoms with Gasteiger partial charge < -0.3 is 5.11 Å². The lowest BCUT2D eigenvalue weighted by Crippen LogP contribution is -2.44. The van der Waals surface area contributed by atoms with Crippen molar-refractivity contribution >= 4 is 29.4 Å². The smallest absolute Gasteiger partial charge is 0.336 e. The van der Waals surface area contributed by atoms with E-state index in [1.54, 1.807) is 12.1 Å². The van der Waals surface area contributed by atoms with Gasteiger partial charge in [-0.3, -0.25) is 24.2 Å². The molecule has 0 saturated heterocycles. The van der Waals surface area contributed by atoms with Gasteiger partial charge in [-0.1, -0.05) is 24.3 Å². The van der Waals surface area contributed by atoms with Crippen LogP contribution in [0.25, 0.3) is 0 Å². The van der Waals surface area contributed by atoms with Gasteiger partial charge in [0, 0.05) is 5.69 Å². The van der Waals surface area contributed by atoms with Gasteiger partial charge >= 0.3 is 5.97 Å². The molecule has 0 aliphatic carbocycles. The summed E-state index contributed by atoms with van der Waals surface area (Å²) in [6.45, 7) is -0.467. The van der Waals surface area contributed by atoms with Gasteiger partial charge in [0.15, 0.2) is 0 Å². The molecule has 1 N–H and O–H groups in total. The van der Waals surface area contributed by atoms with E-state index in [1.165, 1.54) is 48.5 Å². The SMILES string of the molecule is O=C(O)c1ccccc1C(=O)N(CN1C(=O)c2ccccc2C1=O)c1ccc(F)cc1. The molecule has 3 aromatic carbocycles. The number of halogens is 1. The summed E-state index contributed by atoms with van der Waals surface area (Å²) in [5.74, 6) is -3.74. The number of fused-ring (bicyclic) bond motifs is 1. The third-order valence-corrected chi connectivity index (χ3v) is 4.93. The number of carboxylic acid groups (broad SMARTS) is 1. The molecule has 0 unspecified atom stereocenters. The van der Waals surface area contributed by atoms with Crippen molar-refractivity contribution in [2.24, 2.45) is 0 Å². The largest absolute Gasteiger partial charge is 0.478 e. The van der Waals surface area contributed by atoms with Gasteiger partial charge in [0.05, 0.1) is 22.3 Å². The standard InChI is InChI=1S/C23H15FN2O5/c24-14-9-11-15(12-10-14)25(20(27)18-7-3-4-8-19(18)23(30)31)13-26-21(28)16-5-1-2-6-17(16)22(26)29/h1-12H,13H2,(H,30,31). The van der Waals surface area contributed by atoms with Crippen LogP contribution < -0.4 is 4.90 Å². The second-order valence-electron chi connectivity index (χ2n) is 6.79. The Kier molecular flexibility index (Phi) is 5.04. The van der Waals surface area contributed by atoms with Crippen LogP contribution in [0.1, 0.15) is 41.4 Å². The van der Waals surface area contributed by atoms with E-state index < -0.39 is 36.2 Å². The number of rotatable bonds is 5. The topological polar surface area (TPSA) is 95.0 Å². The molecule has 0 radical (unpaired) electrons. The zero-order valence-electron chi connectivity index (χ0n) is 16.0. The highest BCUT2D eigenvalue weighted by molar-refractivity contribution is 6.22. The quantitative estimate of drug-likeness (QED) is 0.641. The van der Waals surface area contributed by atoms with Crippen LogP contribution in [0, 0.1) is 5.82 Å². The summed E-state index contributed by atoms with van der Waals surface area (Å²) in [6, 6.07) is 16.8. The van der Waals surface area contributed by atoms with Gasteiger partial charge in [0.2, 0.25) is 0 Å². The molecule has 1 aliphatic rings. The number of nitrogens with zero attached hydrogens (tertiary/aromatic N) is 2. The van der Waals surface area contributed by atoms with Crippen LogP contribution in [0.3, 0.4) is 0 Å². The zero-order chi connectivity index (χ0) is 22.1. The molecule has 3 aromatic rings. The van der Waals surface area contributed by atoms with Crippen LogP contribution in [0.5, 0.6) is 0 Å². The molecule has 3 amide bonds. The average Bonchev–Trinajstić information content (AvgIpc) is 3.02. The van der Waals surface area contributed by atoms with Crippen molar-refractivity contribution in [1.29, 1.82) is 0 Å². The van der Waals surface area contributed by atoms with Crippen molar-refractivity contribution in [3.63, 3.8) is 0 Å². The minimum Gasteiger partial charge on any atom is -0.478 e. The zero-order valence-corrected chi connectivity index (χ0v) is 16.0. The Morgan fingerprint density at radius 3 is 1.87 bits per heavy atom. The van der Waals surface area contributed by atoms with E-state index in [0.29, 0.717) is 0 Å². The maximum Gasteiger partial charge on any atom is 0.336 e. The van der Waals surface area contributed by atoms with Gasteiger partial charge in [-0.05, 0) is 48.5 Å². The van der Waals surface area contributed by atoms with Crippen LogP contribution >= 0.6 is 0 Å². The number of imide groups is 1. The Morgan fingerprint density at radius 1 is 0.806 bits per heavy atom. The monoisotopic (exact) mass is 418 g/mol. The molecule has 1 heterocycles. The number of carbonyl (C=O) groups is 4. The van der Waals surface area contributed by atoms with E-state index in [1.807, 2.05) is 0 Å². The van der Waals surface area contributed by atoms with E-state index in [0.717, 1.165) is 21.9 Å². The molecule has 8 heteroatoms. The fraction of sp³-hybridized carbons (Fsp3) is 0.0435. The minimum atomic E-state index is -1.30. The number of hydrogen-bond acceptors (Lipinski definition) is 4. The highest BCUT2D eigenvalue weighted by Gasteiger charge is 2.37. The molecule has 4 rings (SSSR count). The van der Waals surface area contributed by atoms with Gasteiger partial charge in [0.25, 0.3) is 17.7 Å². The molecule has 0 spiro atoms. The first-order valence-electron chi connectivity index (χ1n) is 9.23. The van der Waals surface area contributed by atoms with E-state index >= 15 is 0 Å². The van der Waals surface area contributed by atoms with Crippen molar-refractivity contribution in [2.45, 2.75) is 0 Å². The Hall–Kier alpha value is -4.33. The normalized spacial score (nSPS) is 12.6. The number of carboxylic acids is 1. The predicted octanol–water partition coefficient (Wildman–Crippen LogP) is 3.42. The summed E-state index contributed by atoms with van der Waals surface area (Å²) in [4.78, 5) is 52.5. The maximum atomic E-state index is 13.5. The van der Waals surface area contributed by atoms with Crippen molar-refractivity contribution in [3.8, 4) is 0 Å². The van der Waals surface area contributed by atoms with Gasteiger partial charge in [-0.15, -0.1) is 0 Å². The predicted molar refractivity (Wildman–Crippen MR) is 108 cm³/mol. The van der Waals surface area contributed by atoms with Crippen LogP contribution in [0.4, 0.5) is 10.1 Å². The summed E-state index contributed by atoms with van der Waals surface area (Å²) in [5.41, 5.74) is 0.260. The second kappa shape index (κ2) is 7.83. The highest BCUT2D eigenvalue weighted by atomic mass is 19.1. The number of amides is 3. The number of benzene rings is 3. The average molecular weight is 418 g/mol. The van der Waals surface area contributed by atoms with E-state index in [4.69, 9.17) is 0 Å². The van der Waals surface area contributed by atoms with Crippen LogP contribution in [-0.4, -0.2) is 40.4 Å². The number of anilines is 1. The van der Waals surface area contributed by atoms with Gasteiger partial charge in [0.1, 0.15) is 12.5 Å². The fourth-order valence-corrected chi connectivity index (χ4v) is 3.39. The van der Waals surface area contributed by atoms with Crippen molar-refractivity contribution in [1.82, 2.24) is 4.90 Å². The molecular formula is C23H15FN2O5. The van der Waals surface area contributed by atoms with E-state index in [9.17, 15) is 28.7 Å². The molecule has 0 atom stereocenters. The van der Waals surface area contributed by atoms with Gasteiger partial charge in [-0.2, -0.15) is 0 Å². The van der Waals surface area contributed by atoms with Crippen LogP contribution in [0.15, 0.2) is 72.8 Å². The molecule has 0 aromatic heterocycles. The lowest BCUT2D eigenvalue weighted by atomic mass is 10.1. The summed E-state index contributed by atoms with van der Waals surface area (Å²) >= 11 is 0. The third kappa shape index (κ3) is 3.55. The first-order valence-corrected chi connectivity index (χ1v) is 9.23. The molecule has 31 heavy (non-hydrogen) atoms. The molecule has 154 valence electrons. The summed E-state index contributed by atoms with van der Waals surface area (Å²) in [7, 11) is 0. The first kappa shape index (κ1) is 20.0. The Bertz CT molecular complexity index is 1190. The van der Waals surface area contributed by atoms with Crippen molar-refractivity contribution in [2.75, 3.05) is 11.6 Å². The fourth-order valence-electron chi connectivity index (χ4n) is 3.39. The lowest BCUT2D eigenvalue weighted by molar-refractivity contribution is 0.0642. The van der Waals surface area contributed by atoms with Crippen molar-refractivity contribution < 1.29 is 28.7 Å². The molecular weight excluding hydrogens is 403 g/mol. The lowest BCUT2D eigenvalue weighted by Gasteiger charge is -2.27. The second-order valence-corrected chi connectivity index (χ2v) is 6.79. The Morgan fingerprint density at radius 2 is 1.32 bits per heavy atom. The summed E-state index contributed by atoms with van der Waals surface area (Å²) in [6.07, 6.45) is 0. The first-order chi connectivity index (χ1) is 14.9. The highest BCUT2D eigenvalue weighted by Crippen LogP contribution is 2.26. The van der Waals surface area contributed by atoms with Crippen LogP contribution in [0.2, 0.25) is 0 Å². The van der Waals surface area contributed by atoms with Crippen LogP contribution in [-0.2, 0) is 0 Å². The molecule has 0 bridgehead atoms. The molecule has 7 nitrogen and oxygen atoms in total. The Balaban J connectivity index is 1.76. The van der Waals surface area contributed by atoms with E-state index in [2.05, 4.69) is 0 Å². The maximum absolute atomic E-state index is 13.5. The summed E-state index contributed by atoms with van der Waals surface area (Å²) in [5, 5.41) is 9.45. The van der Waals surface area contributed by atoms with Gasteiger partial charge in [-0.25, -0.2) is 9.18 Å². The summed E-state index contributed by atoms with van der Waals surface area (Å²) < 4.78 is 13.5. The third-order valence-electron chi connectivity index (χ3n) is 4.93. The molecule has 1 aliphatic heterocycles. The molecule has 0 saturated carbocycles. The minimum absolute atomic E-state index is 0.129. The molecule has 0 fully saturated rings. The number of hydrogen-bond donors (Lipinski definition) is 1. The number of carbonyl (C=O) groups excluding carboxylic acids is 3.